The van der Waals surface area contributed by atoms with Crippen molar-refractivity contribution in [2.24, 2.45) is 5.92 Å². The fourth-order valence-corrected chi connectivity index (χ4v) is 2.06. The highest BCUT2D eigenvalue weighted by atomic mass is 16.2. The highest BCUT2D eigenvalue weighted by molar-refractivity contribution is 6.02. The number of hydrogen-bond acceptors (Lipinski definition) is 3. The van der Waals surface area contributed by atoms with E-state index in [2.05, 4.69) is 0 Å². The van der Waals surface area contributed by atoms with Crippen LogP contribution >= 0.6 is 0 Å². The van der Waals surface area contributed by atoms with Gasteiger partial charge in [-0.2, -0.15) is 0 Å². The summed E-state index contributed by atoms with van der Waals surface area (Å²) in [7, 11) is 1.78. The van der Waals surface area contributed by atoms with E-state index in [1.54, 1.807) is 11.9 Å². The summed E-state index contributed by atoms with van der Waals surface area (Å²) >= 11 is 0. The maximum absolute atomic E-state index is 11.8. The zero-order valence-corrected chi connectivity index (χ0v) is 10.1. The second-order valence-electron chi connectivity index (χ2n) is 4.44. The Bertz CT molecular complexity index is 445. The van der Waals surface area contributed by atoms with Crippen LogP contribution in [0.25, 0.3) is 0 Å². The minimum atomic E-state index is -0.0701. The van der Waals surface area contributed by atoms with E-state index in [1.165, 1.54) is 0 Å². The second kappa shape index (κ2) is 4.57. The first-order chi connectivity index (χ1) is 8.13. The summed E-state index contributed by atoms with van der Waals surface area (Å²) in [5.41, 5.74) is 1.92. The Morgan fingerprint density at radius 2 is 2.00 bits per heavy atom. The number of rotatable bonds is 3. The Kier molecular flexibility index (Phi) is 3.13. The number of para-hydroxylation sites is 2. The number of carbonyl (C=O) groups is 2. The van der Waals surface area contributed by atoms with Crippen LogP contribution in [0.3, 0.4) is 0 Å². The molecule has 1 amide bonds. The first kappa shape index (κ1) is 11.6. The highest BCUT2D eigenvalue weighted by Crippen LogP contribution is 2.32. The van der Waals surface area contributed by atoms with Crippen LogP contribution in [-0.4, -0.2) is 32.3 Å². The van der Waals surface area contributed by atoms with Gasteiger partial charge in [-0.3, -0.25) is 4.79 Å². The van der Waals surface area contributed by atoms with Crippen molar-refractivity contribution in [3.05, 3.63) is 24.3 Å². The average Bonchev–Trinajstić information content (AvgIpc) is 2.35. The molecule has 0 saturated heterocycles. The van der Waals surface area contributed by atoms with Crippen LogP contribution in [0.15, 0.2) is 24.3 Å². The van der Waals surface area contributed by atoms with Crippen molar-refractivity contribution in [2.75, 3.05) is 29.9 Å². The van der Waals surface area contributed by atoms with Crippen molar-refractivity contribution in [2.45, 2.75) is 6.92 Å². The van der Waals surface area contributed by atoms with Gasteiger partial charge < -0.3 is 14.6 Å². The average molecular weight is 232 g/mol. The quantitative estimate of drug-likeness (QED) is 0.738. The van der Waals surface area contributed by atoms with Crippen LogP contribution < -0.4 is 9.80 Å². The van der Waals surface area contributed by atoms with Crippen LogP contribution in [-0.2, 0) is 9.59 Å². The van der Waals surface area contributed by atoms with Crippen LogP contribution in [0, 0.1) is 5.92 Å². The van der Waals surface area contributed by atoms with Gasteiger partial charge in [0.25, 0.3) is 0 Å². The molecular formula is C13H16N2O2. The minimum absolute atomic E-state index is 0.0572. The summed E-state index contributed by atoms with van der Waals surface area (Å²) in [5, 5.41) is 0. The largest absolute Gasteiger partial charge is 0.360 e. The molecule has 1 unspecified atom stereocenters. The predicted octanol–water partition coefficient (Wildman–Crippen LogP) is 1.30. The minimum Gasteiger partial charge on any atom is -0.360 e. The molecule has 0 fully saturated rings. The summed E-state index contributed by atoms with van der Waals surface area (Å²) in [6.07, 6.45) is 0.922. The summed E-state index contributed by atoms with van der Waals surface area (Å²) in [6, 6.07) is 7.76. The Balaban J connectivity index is 2.33. The lowest BCUT2D eigenvalue weighted by Crippen LogP contribution is -2.45. The molecule has 0 aromatic heterocycles. The van der Waals surface area contributed by atoms with Gasteiger partial charge in [-0.15, -0.1) is 0 Å². The predicted molar refractivity (Wildman–Crippen MR) is 67.3 cm³/mol. The van der Waals surface area contributed by atoms with E-state index in [9.17, 15) is 9.59 Å². The number of hydrogen-bond donors (Lipinski definition) is 0. The van der Waals surface area contributed by atoms with Gasteiger partial charge in [-0.1, -0.05) is 19.1 Å². The van der Waals surface area contributed by atoms with Gasteiger partial charge >= 0.3 is 0 Å². The molecule has 1 aliphatic rings. The molecule has 0 N–H and O–H groups in total. The smallest absolute Gasteiger partial charge is 0.246 e. The Morgan fingerprint density at radius 1 is 1.35 bits per heavy atom. The van der Waals surface area contributed by atoms with Crippen molar-refractivity contribution >= 4 is 23.6 Å². The third-order valence-corrected chi connectivity index (χ3v) is 3.02. The van der Waals surface area contributed by atoms with E-state index in [0.29, 0.717) is 13.1 Å². The molecule has 17 heavy (non-hydrogen) atoms. The number of likely N-dealkylation sites (N-methyl/N-ethyl adjacent to an activating group) is 1. The molecule has 90 valence electrons. The highest BCUT2D eigenvalue weighted by Gasteiger charge is 2.26. The molecule has 0 spiro atoms. The molecule has 1 aliphatic heterocycles. The maximum Gasteiger partial charge on any atom is 0.246 e. The maximum atomic E-state index is 11.8. The molecule has 1 aromatic carbocycles. The molecule has 4 nitrogen and oxygen atoms in total. The van der Waals surface area contributed by atoms with Gasteiger partial charge in [0.05, 0.1) is 17.9 Å². The number of anilines is 2. The van der Waals surface area contributed by atoms with Gasteiger partial charge in [0.15, 0.2) is 0 Å². The summed E-state index contributed by atoms with van der Waals surface area (Å²) in [5.74, 6) is -0.0129. The van der Waals surface area contributed by atoms with E-state index in [-0.39, 0.29) is 11.8 Å². The summed E-state index contributed by atoms with van der Waals surface area (Å²) < 4.78 is 0. The Hall–Kier alpha value is -1.84. The molecule has 4 heteroatoms. The lowest BCUT2D eigenvalue weighted by atomic mass is 10.1. The van der Waals surface area contributed by atoms with E-state index in [0.717, 1.165) is 17.7 Å². The lowest BCUT2D eigenvalue weighted by molar-refractivity contribution is -0.117. The first-order valence-electron chi connectivity index (χ1n) is 5.69. The fraction of sp³-hybridized carbons (Fsp3) is 0.385. The van der Waals surface area contributed by atoms with Crippen LogP contribution in [0.2, 0.25) is 0 Å². The van der Waals surface area contributed by atoms with Gasteiger partial charge in [0.1, 0.15) is 6.29 Å². The van der Waals surface area contributed by atoms with Crippen LogP contribution in [0.4, 0.5) is 11.4 Å². The normalized spacial score (nSPS) is 16.7. The van der Waals surface area contributed by atoms with Crippen LogP contribution in [0.5, 0.6) is 0 Å². The second-order valence-corrected chi connectivity index (χ2v) is 4.44. The van der Waals surface area contributed by atoms with E-state index in [1.807, 2.05) is 36.1 Å². The van der Waals surface area contributed by atoms with Gasteiger partial charge in [-0.25, -0.2) is 0 Å². The molecule has 1 atom stereocenters. The van der Waals surface area contributed by atoms with E-state index in [4.69, 9.17) is 0 Å². The number of carbonyl (C=O) groups excluding carboxylic acids is 2. The zero-order chi connectivity index (χ0) is 12.4. The van der Waals surface area contributed by atoms with E-state index >= 15 is 0 Å². The van der Waals surface area contributed by atoms with Gasteiger partial charge in [-0.05, 0) is 12.1 Å². The molecule has 1 heterocycles. The van der Waals surface area contributed by atoms with Crippen LogP contribution in [0.1, 0.15) is 6.92 Å². The Morgan fingerprint density at radius 3 is 2.65 bits per heavy atom. The van der Waals surface area contributed by atoms with Crippen molar-refractivity contribution in [1.82, 2.24) is 0 Å². The van der Waals surface area contributed by atoms with Crippen molar-refractivity contribution in [3.8, 4) is 0 Å². The standard InChI is InChI=1S/C13H16N2O2/c1-10(9-16)7-15-8-13(17)14(2)11-5-3-4-6-12(11)15/h3-6,9-10H,7-8H2,1-2H3. The van der Waals surface area contributed by atoms with Crippen molar-refractivity contribution in [3.63, 3.8) is 0 Å². The third-order valence-electron chi connectivity index (χ3n) is 3.02. The zero-order valence-electron chi connectivity index (χ0n) is 10.1. The number of fused-ring (bicyclic) bond motifs is 1. The Labute approximate surface area is 101 Å². The number of benzene rings is 1. The van der Waals surface area contributed by atoms with Gasteiger partial charge in [0.2, 0.25) is 5.91 Å². The lowest BCUT2D eigenvalue weighted by Gasteiger charge is -2.36. The molecule has 0 saturated carbocycles. The van der Waals surface area contributed by atoms with Gasteiger partial charge in [0, 0.05) is 19.5 Å². The SMILES string of the molecule is CC(C=O)CN1CC(=O)N(C)c2ccccc21. The molecule has 2 rings (SSSR count). The number of nitrogens with zero attached hydrogens (tertiary/aromatic N) is 2. The monoisotopic (exact) mass is 232 g/mol. The summed E-state index contributed by atoms with van der Waals surface area (Å²) in [6.45, 7) is 2.78. The van der Waals surface area contributed by atoms with Crippen molar-refractivity contribution < 1.29 is 9.59 Å². The topological polar surface area (TPSA) is 40.6 Å². The molecule has 0 aliphatic carbocycles. The summed E-state index contributed by atoms with van der Waals surface area (Å²) in [4.78, 5) is 26.2. The molecule has 0 bridgehead atoms. The van der Waals surface area contributed by atoms with E-state index < -0.39 is 0 Å². The number of amides is 1. The fourth-order valence-electron chi connectivity index (χ4n) is 2.06. The first-order valence-corrected chi connectivity index (χ1v) is 5.69. The molecular weight excluding hydrogens is 216 g/mol. The molecule has 1 aromatic rings. The molecule has 0 radical (unpaired) electrons. The number of aldehydes is 1. The third kappa shape index (κ3) is 2.16. The van der Waals surface area contributed by atoms with Crippen molar-refractivity contribution in [1.29, 1.82) is 0 Å².